The third-order valence-electron chi connectivity index (χ3n) is 7.41. The van der Waals surface area contributed by atoms with E-state index in [4.69, 9.17) is 6.42 Å². The maximum atomic E-state index is 5.77. The molecule has 1 nitrogen and oxygen atoms in total. The van der Waals surface area contributed by atoms with Crippen molar-refractivity contribution in [3.8, 4) is 23.5 Å². The van der Waals surface area contributed by atoms with Crippen LogP contribution in [0, 0.1) is 12.3 Å². The molecule has 1 heterocycles. The fraction of sp³-hybridized carbons (Fsp3) is 0.161. The number of para-hydroxylation sites is 2. The van der Waals surface area contributed by atoms with Crippen molar-refractivity contribution in [2.75, 3.05) is 4.90 Å². The second-order valence-corrected chi connectivity index (χ2v) is 9.88. The van der Waals surface area contributed by atoms with Crippen LogP contribution in [0.5, 0.6) is 0 Å². The lowest BCUT2D eigenvalue weighted by molar-refractivity contribution is 0.490. The topological polar surface area (TPSA) is 3.24 Å². The smallest absolute Gasteiger partial charge is 0.0601 e. The van der Waals surface area contributed by atoms with Crippen LogP contribution in [-0.4, -0.2) is 0 Å². The van der Waals surface area contributed by atoms with Crippen LogP contribution in [0.2, 0.25) is 0 Å². The number of terminal acetylenes is 1. The summed E-state index contributed by atoms with van der Waals surface area (Å²) in [5.74, 6) is 2.84. The van der Waals surface area contributed by atoms with Gasteiger partial charge >= 0.3 is 0 Å². The third kappa shape index (κ3) is 2.82. The molecule has 6 rings (SSSR count). The van der Waals surface area contributed by atoms with Crippen LogP contribution in [0.25, 0.3) is 11.1 Å². The van der Waals surface area contributed by atoms with Crippen LogP contribution in [-0.2, 0) is 5.41 Å². The lowest BCUT2D eigenvalue weighted by Gasteiger charge is -2.34. The summed E-state index contributed by atoms with van der Waals surface area (Å²) in [6.07, 6.45) is 7.87. The highest BCUT2D eigenvalue weighted by Gasteiger charge is 2.41. The molecule has 4 aromatic carbocycles. The molecule has 0 unspecified atom stereocenters. The highest BCUT2D eigenvalue weighted by atomic mass is 32.2. The van der Waals surface area contributed by atoms with Gasteiger partial charge in [-0.15, -0.1) is 6.42 Å². The molecule has 160 valence electrons. The minimum Gasteiger partial charge on any atom is -0.308 e. The number of fused-ring (bicyclic) bond motifs is 5. The summed E-state index contributed by atoms with van der Waals surface area (Å²) in [5, 5.41) is 0. The molecule has 0 radical (unpaired) electrons. The first-order chi connectivity index (χ1) is 16.2. The van der Waals surface area contributed by atoms with E-state index in [-0.39, 0.29) is 5.41 Å². The molecule has 0 bridgehead atoms. The van der Waals surface area contributed by atoms with Crippen molar-refractivity contribution in [1.82, 2.24) is 0 Å². The Bertz CT molecular complexity index is 1390. The largest absolute Gasteiger partial charge is 0.308 e. The number of rotatable bonds is 3. The lowest BCUT2D eigenvalue weighted by atomic mass is 9.73. The molecule has 1 aliphatic carbocycles. The summed E-state index contributed by atoms with van der Waals surface area (Å²) < 4.78 is 0. The number of anilines is 3. The Hall–Kier alpha value is -3.41. The minimum absolute atomic E-state index is 0.0168. The maximum absolute atomic E-state index is 5.77. The Morgan fingerprint density at radius 2 is 1.33 bits per heavy atom. The van der Waals surface area contributed by atoms with Gasteiger partial charge in [-0.05, 0) is 83.6 Å². The monoisotopic (exact) mass is 443 g/mol. The van der Waals surface area contributed by atoms with E-state index in [0.717, 1.165) is 18.4 Å². The van der Waals surface area contributed by atoms with E-state index in [1.807, 2.05) is 11.8 Å². The Morgan fingerprint density at radius 1 is 0.758 bits per heavy atom. The predicted octanol–water partition coefficient (Wildman–Crippen LogP) is 8.69. The molecule has 0 saturated heterocycles. The van der Waals surface area contributed by atoms with Crippen molar-refractivity contribution in [3.63, 3.8) is 0 Å². The van der Waals surface area contributed by atoms with Gasteiger partial charge in [-0.3, -0.25) is 0 Å². The fourth-order valence-electron chi connectivity index (χ4n) is 5.71. The number of hydrogen-bond acceptors (Lipinski definition) is 2. The molecule has 2 aliphatic rings. The highest BCUT2D eigenvalue weighted by molar-refractivity contribution is 7.99. The van der Waals surface area contributed by atoms with Gasteiger partial charge in [0.05, 0.1) is 11.4 Å². The van der Waals surface area contributed by atoms with Gasteiger partial charge in [-0.2, -0.15) is 0 Å². The predicted molar refractivity (Wildman–Crippen MR) is 140 cm³/mol. The molecular formula is C31H25NS. The first kappa shape index (κ1) is 20.2. The summed E-state index contributed by atoms with van der Waals surface area (Å²) in [6, 6.07) is 31.0. The average Bonchev–Trinajstić information content (AvgIpc) is 3.15. The zero-order valence-corrected chi connectivity index (χ0v) is 19.7. The summed E-state index contributed by atoms with van der Waals surface area (Å²) >= 11 is 1.85. The maximum Gasteiger partial charge on any atom is 0.0601 e. The minimum atomic E-state index is -0.0168. The van der Waals surface area contributed by atoms with Gasteiger partial charge < -0.3 is 4.90 Å². The SMILES string of the molecule is C#Cc1ccc2c(c1)C(CC)(CC)c1cc(N3c4ccccc4Sc4ccccc43)ccc1-2. The quantitative estimate of drug-likeness (QED) is 0.257. The zero-order valence-electron chi connectivity index (χ0n) is 18.9. The summed E-state index contributed by atoms with van der Waals surface area (Å²) in [6.45, 7) is 4.61. The van der Waals surface area contributed by atoms with E-state index < -0.39 is 0 Å². The van der Waals surface area contributed by atoms with Gasteiger partial charge in [0.2, 0.25) is 0 Å². The summed E-state index contributed by atoms with van der Waals surface area (Å²) in [5.41, 5.74) is 10.1. The second-order valence-electron chi connectivity index (χ2n) is 8.80. The molecular weight excluding hydrogens is 418 g/mol. The van der Waals surface area contributed by atoms with Crippen molar-refractivity contribution < 1.29 is 0 Å². The van der Waals surface area contributed by atoms with E-state index >= 15 is 0 Å². The first-order valence-electron chi connectivity index (χ1n) is 11.6. The Labute approximate surface area is 200 Å². The third-order valence-corrected chi connectivity index (χ3v) is 8.54. The van der Waals surface area contributed by atoms with Crippen molar-refractivity contribution >= 4 is 28.8 Å². The standard InChI is InChI=1S/C31H25NS/c1-4-21-15-17-23-24-18-16-22(20-26(24)31(5-2,6-3)25(23)19-21)32-27-11-7-9-13-29(27)33-30-14-10-8-12-28(30)32/h1,7-20H,5-6H2,2-3H3. The molecule has 33 heavy (non-hydrogen) atoms. The van der Waals surface area contributed by atoms with E-state index in [1.54, 1.807) is 0 Å². The van der Waals surface area contributed by atoms with Gasteiger partial charge in [0.1, 0.15) is 0 Å². The van der Waals surface area contributed by atoms with Crippen molar-refractivity contribution in [2.45, 2.75) is 41.9 Å². The van der Waals surface area contributed by atoms with Crippen molar-refractivity contribution in [1.29, 1.82) is 0 Å². The molecule has 2 heteroatoms. The molecule has 0 saturated carbocycles. The van der Waals surface area contributed by atoms with Gasteiger partial charge in [0.15, 0.2) is 0 Å². The molecule has 0 spiro atoms. The molecule has 0 N–H and O–H groups in total. The van der Waals surface area contributed by atoms with Crippen LogP contribution in [0.1, 0.15) is 43.4 Å². The zero-order chi connectivity index (χ0) is 22.6. The van der Waals surface area contributed by atoms with E-state index in [0.29, 0.717) is 0 Å². The van der Waals surface area contributed by atoms with E-state index in [1.165, 1.54) is 49.1 Å². The van der Waals surface area contributed by atoms with Crippen LogP contribution in [0.3, 0.4) is 0 Å². The Morgan fingerprint density at radius 3 is 1.94 bits per heavy atom. The lowest BCUT2D eigenvalue weighted by Crippen LogP contribution is -2.24. The molecule has 0 fully saturated rings. The van der Waals surface area contributed by atoms with Crippen LogP contribution >= 0.6 is 11.8 Å². The molecule has 4 aromatic rings. The first-order valence-corrected chi connectivity index (χ1v) is 12.4. The van der Waals surface area contributed by atoms with Crippen LogP contribution in [0.15, 0.2) is 94.7 Å². The molecule has 0 aromatic heterocycles. The fourth-order valence-corrected chi connectivity index (χ4v) is 6.76. The van der Waals surface area contributed by atoms with Gasteiger partial charge in [-0.1, -0.05) is 67.9 Å². The van der Waals surface area contributed by atoms with Crippen LogP contribution < -0.4 is 4.90 Å². The number of benzene rings is 4. The van der Waals surface area contributed by atoms with Gasteiger partial charge in [0.25, 0.3) is 0 Å². The van der Waals surface area contributed by atoms with Crippen molar-refractivity contribution in [2.24, 2.45) is 0 Å². The molecule has 0 amide bonds. The summed E-state index contributed by atoms with van der Waals surface area (Å²) in [7, 11) is 0. The molecule has 0 atom stereocenters. The van der Waals surface area contributed by atoms with Gasteiger partial charge in [-0.25, -0.2) is 0 Å². The number of hydrogen-bond donors (Lipinski definition) is 0. The second kappa shape index (κ2) is 7.58. The van der Waals surface area contributed by atoms with Crippen LogP contribution in [0.4, 0.5) is 17.1 Å². The van der Waals surface area contributed by atoms with E-state index in [2.05, 4.69) is 110 Å². The number of nitrogens with zero attached hydrogens (tertiary/aromatic N) is 1. The Balaban J connectivity index is 1.59. The highest BCUT2D eigenvalue weighted by Crippen LogP contribution is 2.56. The normalized spacial score (nSPS) is 14.6. The van der Waals surface area contributed by atoms with E-state index in [9.17, 15) is 0 Å². The van der Waals surface area contributed by atoms with Gasteiger partial charge in [0, 0.05) is 26.5 Å². The average molecular weight is 444 g/mol. The summed E-state index contributed by atoms with van der Waals surface area (Å²) in [4.78, 5) is 5.00. The molecule has 1 aliphatic heterocycles. The van der Waals surface area contributed by atoms with Crippen molar-refractivity contribution in [3.05, 3.63) is 102 Å². The Kier molecular flexibility index (Phi) is 4.64.